The fraction of sp³-hybridized carbons (Fsp3) is 0.188. The van der Waals surface area contributed by atoms with Crippen molar-refractivity contribution in [1.82, 2.24) is 0 Å². The van der Waals surface area contributed by atoms with Crippen molar-refractivity contribution >= 4 is 5.97 Å². The van der Waals surface area contributed by atoms with E-state index in [1.807, 2.05) is 0 Å². The van der Waals surface area contributed by atoms with Gasteiger partial charge in [0.25, 0.3) is 0 Å². The van der Waals surface area contributed by atoms with Crippen LogP contribution in [0.4, 0.5) is 0 Å². The molecule has 0 fully saturated rings. The molecule has 0 aliphatic heterocycles. The molecule has 0 aliphatic rings. The summed E-state index contributed by atoms with van der Waals surface area (Å²) in [4.78, 5) is 11.4. The van der Waals surface area contributed by atoms with Crippen LogP contribution in [0.15, 0.2) is 42.5 Å². The van der Waals surface area contributed by atoms with Crippen LogP contribution in [0.2, 0.25) is 0 Å². The van der Waals surface area contributed by atoms with E-state index >= 15 is 0 Å². The van der Waals surface area contributed by atoms with Crippen molar-refractivity contribution in [1.29, 1.82) is 0 Å². The van der Waals surface area contributed by atoms with Crippen LogP contribution in [-0.2, 0) is 11.3 Å². The third kappa shape index (κ3) is 3.52. The van der Waals surface area contributed by atoms with Crippen LogP contribution in [0.3, 0.4) is 0 Å². The summed E-state index contributed by atoms with van der Waals surface area (Å²) in [6, 6.07) is 11.7. The molecule has 2 aromatic carbocycles. The van der Waals surface area contributed by atoms with Gasteiger partial charge in [-0.2, -0.15) is 0 Å². The molecular weight excluding hydrogens is 272 g/mol. The Morgan fingerprint density at radius 2 is 1.76 bits per heavy atom. The van der Waals surface area contributed by atoms with E-state index in [1.54, 1.807) is 49.6 Å². The van der Waals surface area contributed by atoms with Gasteiger partial charge in [-0.15, -0.1) is 0 Å². The average molecular weight is 288 g/mol. The van der Waals surface area contributed by atoms with Crippen LogP contribution in [-0.4, -0.2) is 25.3 Å². The predicted molar refractivity (Wildman–Crippen MR) is 76.8 cm³/mol. The number of benzene rings is 2. The number of ether oxygens (including phenoxy) is 3. The second-order valence-corrected chi connectivity index (χ2v) is 4.26. The lowest BCUT2D eigenvalue weighted by atomic mass is 10.2. The Labute approximate surface area is 122 Å². The molecule has 21 heavy (non-hydrogen) atoms. The normalized spacial score (nSPS) is 10.0. The fourth-order valence-electron chi connectivity index (χ4n) is 1.80. The van der Waals surface area contributed by atoms with Crippen molar-refractivity contribution in [3.63, 3.8) is 0 Å². The fourth-order valence-corrected chi connectivity index (χ4v) is 1.80. The number of hydrogen-bond acceptors (Lipinski definition) is 5. The van der Waals surface area contributed by atoms with Gasteiger partial charge in [-0.1, -0.05) is 6.07 Å². The van der Waals surface area contributed by atoms with E-state index in [9.17, 15) is 4.79 Å². The molecule has 0 amide bonds. The number of hydrogen-bond donors (Lipinski definition) is 1. The Morgan fingerprint density at radius 3 is 2.33 bits per heavy atom. The maximum absolute atomic E-state index is 11.4. The predicted octanol–water partition coefficient (Wildman–Crippen LogP) is 2.77. The van der Waals surface area contributed by atoms with Crippen LogP contribution < -0.4 is 9.47 Å². The summed E-state index contributed by atoms with van der Waals surface area (Å²) < 4.78 is 15.6. The zero-order valence-electron chi connectivity index (χ0n) is 11.8. The van der Waals surface area contributed by atoms with Gasteiger partial charge in [0.1, 0.15) is 5.75 Å². The number of aliphatic hydroxyl groups is 1. The molecule has 1 N–H and O–H groups in total. The highest BCUT2D eigenvalue weighted by Gasteiger charge is 2.09. The first-order valence-electron chi connectivity index (χ1n) is 6.32. The maximum Gasteiger partial charge on any atom is 0.337 e. The summed E-state index contributed by atoms with van der Waals surface area (Å²) in [7, 11) is 2.87. The molecule has 110 valence electrons. The van der Waals surface area contributed by atoms with Gasteiger partial charge in [0, 0.05) is 0 Å². The van der Waals surface area contributed by atoms with Crippen LogP contribution >= 0.6 is 0 Å². The Bertz CT molecular complexity index is 619. The number of methoxy groups -OCH3 is 2. The van der Waals surface area contributed by atoms with E-state index in [0.29, 0.717) is 22.8 Å². The van der Waals surface area contributed by atoms with E-state index < -0.39 is 5.97 Å². The van der Waals surface area contributed by atoms with E-state index in [0.717, 1.165) is 5.56 Å². The van der Waals surface area contributed by atoms with Gasteiger partial charge >= 0.3 is 5.97 Å². The molecule has 0 spiro atoms. The third-order valence-corrected chi connectivity index (χ3v) is 2.91. The zero-order chi connectivity index (χ0) is 15.2. The summed E-state index contributed by atoms with van der Waals surface area (Å²) in [6.45, 7) is -0.0817. The summed E-state index contributed by atoms with van der Waals surface area (Å²) in [5.41, 5.74) is 1.16. The molecule has 0 atom stereocenters. The Kier molecular flexibility index (Phi) is 4.79. The van der Waals surface area contributed by atoms with Gasteiger partial charge in [0.05, 0.1) is 26.4 Å². The summed E-state index contributed by atoms with van der Waals surface area (Å²) in [5.74, 6) is 1.21. The lowest BCUT2D eigenvalue weighted by molar-refractivity contribution is 0.0600. The first-order chi connectivity index (χ1) is 10.2. The number of carbonyl (C=O) groups is 1. The molecular formula is C16H16O5. The highest BCUT2D eigenvalue weighted by molar-refractivity contribution is 5.89. The van der Waals surface area contributed by atoms with E-state index in [-0.39, 0.29) is 6.61 Å². The molecule has 0 heterocycles. The highest BCUT2D eigenvalue weighted by atomic mass is 16.5. The second-order valence-electron chi connectivity index (χ2n) is 4.26. The van der Waals surface area contributed by atoms with Gasteiger partial charge in [-0.25, -0.2) is 4.79 Å². The monoisotopic (exact) mass is 288 g/mol. The Hall–Kier alpha value is -2.53. The molecule has 0 radical (unpaired) electrons. The molecule has 5 heteroatoms. The minimum absolute atomic E-state index is 0.0817. The number of aliphatic hydroxyl groups excluding tert-OH is 1. The number of rotatable bonds is 5. The quantitative estimate of drug-likeness (QED) is 0.857. The zero-order valence-corrected chi connectivity index (χ0v) is 11.8. The summed E-state index contributed by atoms with van der Waals surface area (Å²) in [6.07, 6.45) is 0. The largest absolute Gasteiger partial charge is 0.493 e. The van der Waals surface area contributed by atoms with Crippen molar-refractivity contribution in [3.05, 3.63) is 53.6 Å². The lowest BCUT2D eigenvalue weighted by Crippen LogP contribution is -2.00. The van der Waals surface area contributed by atoms with Crippen LogP contribution in [0, 0.1) is 0 Å². The maximum atomic E-state index is 11.4. The summed E-state index contributed by atoms with van der Waals surface area (Å²) in [5, 5.41) is 9.17. The first-order valence-corrected chi connectivity index (χ1v) is 6.32. The Morgan fingerprint density at radius 1 is 1.05 bits per heavy atom. The van der Waals surface area contributed by atoms with E-state index in [1.165, 1.54) is 7.11 Å². The molecule has 2 aromatic rings. The number of esters is 1. The van der Waals surface area contributed by atoms with E-state index in [2.05, 4.69) is 4.74 Å². The molecule has 0 aromatic heterocycles. The average Bonchev–Trinajstić information content (AvgIpc) is 2.54. The van der Waals surface area contributed by atoms with Crippen molar-refractivity contribution in [2.45, 2.75) is 6.61 Å². The van der Waals surface area contributed by atoms with Crippen molar-refractivity contribution in [2.24, 2.45) is 0 Å². The third-order valence-electron chi connectivity index (χ3n) is 2.91. The van der Waals surface area contributed by atoms with Gasteiger partial charge in [-0.05, 0) is 42.0 Å². The Balaban J connectivity index is 2.23. The molecule has 0 unspecified atom stereocenters. The molecule has 0 saturated carbocycles. The van der Waals surface area contributed by atoms with Gasteiger partial charge in [0.15, 0.2) is 11.5 Å². The second kappa shape index (κ2) is 6.76. The molecule has 0 saturated heterocycles. The highest BCUT2D eigenvalue weighted by Crippen LogP contribution is 2.32. The van der Waals surface area contributed by atoms with Crippen LogP contribution in [0.1, 0.15) is 15.9 Å². The van der Waals surface area contributed by atoms with Crippen molar-refractivity contribution in [2.75, 3.05) is 14.2 Å². The first kappa shape index (κ1) is 14.9. The molecule has 2 rings (SSSR count). The van der Waals surface area contributed by atoms with Crippen molar-refractivity contribution in [3.8, 4) is 17.2 Å². The SMILES string of the molecule is COC(=O)c1ccc(Oc2cc(CO)ccc2OC)cc1. The molecule has 0 bridgehead atoms. The summed E-state index contributed by atoms with van der Waals surface area (Å²) >= 11 is 0. The topological polar surface area (TPSA) is 65.0 Å². The molecule has 5 nitrogen and oxygen atoms in total. The van der Waals surface area contributed by atoms with Crippen LogP contribution in [0.5, 0.6) is 17.2 Å². The molecule has 0 aliphatic carbocycles. The van der Waals surface area contributed by atoms with Gasteiger partial charge < -0.3 is 19.3 Å². The van der Waals surface area contributed by atoms with Gasteiger partial charge in [0.2, 0.25) is 0 Å². The minimum atomic E-state index is -0.401. The number of carbonyl (C=O) groups excluding carboxylic acids is 1. The minimum Gasteiger partial charge on any atom is -0.493 e. The lowest BCUT2D eigenvalue weighted by Gasteiger charge is -2.11. The standard InChI is InChI=1S/C16H16O5/c1-19-14-8-3-11(10-17)9-15(14)21-13-6-4-12(5-7-13)16(18)20-2/h3-9,17H,10H2,1-2H3. The smallest absolute Gasteiger partial charge is 0.337 e. The van der Waals surface area contributed by atoms with E-state index in [4.69, 9.17) is 14.6 Å². The van der Waals surface area contributed by atoms with Crippen molar-refractivity contribution < 1.29 is 24.1 Å². The van der Waals surface area contributed by atoms with Crippen LogP contribution in [0.25, 0.3) is 0 Å². The van der Waals surface area contributed by atoms with Gasteiger partial charge in [-0.3, -0.25) is 0 Å².